The van der Waals surface area contributed by atoms with Gasteiger partial charge in [-0.2, -0.15) is 5.10 Å². The van der Waals surface area contributed by atoms with E-state index in [2.05, 4.69) is 20.4 Å². The zero-order chi connectivity index (χ0) is 21.8. The van der Waals surface area contributed by atoms with E-state index in [0.717, 1.165) is 0 Å². The zero-order valence-corrected chi connectivity index (χ0v) is 17.1. The topological polar surface area (TPSA) is 113 Å². The SMILES string of the molecule is CC(C)N(CC(=O)NCc1cccc(Cl)c1F)C(=O)Cn1cc2nc[nH]c(=O)c2n1. The van der Waals surface area contributed by atoms with Gasteiger partial charge in [0.25, 0.3) is 5.56 Å². The van der Waals surface area contributed by atoms with Crippen LogP contribution in [0.25, 0.3) is 11.0 Å². The lowest BCUT2D eigenvalue weighted by Crippen LogP contribution is -2.45. The fraction of sp³-hybridized carbons (Fsp3) is 0.316. The highest BCUT2D eigenvalue weighted by molar-refractivity contribution is 6.30. The van der Waals surface area contributed by atoms with Gasteiger partial charge in [0.15, 0.2) is 5.52 Å². The summed E-state index contributed by atoms with van der Waals surface area (Å²) in [5.74, 6) is -1.40. The fourth-order valence-corrected chi connectivity index (χ4v) is 3.05. The molecule has 2 N–H and O–H groups in total. The smallest absolute Gasteiger partial charge is 0.279 e. The van der Waals surface area contributed by atoms with Gasteiger partial charge in [-0.1, -0.05) is 23.7 Å². The molecule has 0 bridgehead atoms. The van der Waals surface area contributed by atoms with Gasteiger partial charge in [-0.15, -0.1) is 0 Å². The number of amides is 2. The summed E-state index contributed by atoms with van der Waals surface area (Å²) in [6.45, 7) is 3.12. The van der Waals surface area contributed by atoms with E-state index < -0.39 is 17.3 Å². The number of aromatic nitrogens is 4. The standard InChI is InChI=1S/C19H20ClFN6O3/c1-11(2)27(8-15(28)22-6-12-4-3-5-13(20)17(12)21)16(29)9-26-7-14-18(25-26)19(30)24-10-23-14/h3-5,7,10-11H,6,8-9H2,1-2H3,(H,22,28)(H,23,24,30). The molecule has 2 amide bonds. The van der Waals surface area contributed by atoms with E-state index in [0.29, 0.717) is 5.52 Å². The third-order valence-electron chi connectivity index (χ3n) is 4.42. The van der Waals surface area contributed by atoms with Crippen molar-refractivity contribution in [2.24, 2.45) is 0 Å². The Hall–Kier alpha value is -3.27. The van der Waals surface area contributed by atoms with Crippen molar-refractivity contribution in [3.63, 3.8) is 0 Å². The van der Waals surface area contributed by atoms with Crippen LogP contribution in [-0.4, -0.2) is 49.0 Å². The van der Waals surface area contributed by atoms with Gasteiger partial charge in [-0.05, 0) is 19.9 Å². The molecule has 0 aliphatic carbocycles. The van der Waals surface area contributed by atoms with Crippen molar-refractivity contribution in [1.29, 1.82) is 0 Å². The quantitative estimate of drug-likeness (QED) is 0.584. The Morgan fingerprint density at radius 2 is 2.13 bits per heavy atom. The van der Waals surface area contributed by atoms with Crippen molar-refractivity contribution in [3.05, 3.63) is 57.5 Å². The maximum Gasteiger partial charge on any atom is 0.279 e. The number of hydrogen-bond donors (Lipinski definition) is 2. The van der Waals surface area contributed by atoms with Gasteiger partial charge in [0.05, 0.1) is 24.1 Å². The van der Waals surface area contributed by atoms with Gasteiger partial charge in [0.1, 0.15) is 17.9 Å². The predicted octanol–water partition coefficient (Wildman–Crippen LogP) is 1.47. The second-order valence-electron chi connectivity index (χ2n) is 6.90. The van der Waals surface area contributed by atoms with Crippen LogP contribution in [0.3, 0.4) is 0 Å². The Morgan fingerprint density at radius 3 is 2.83 bits per heavy atom. The lowest BCUT2D eigenvalue weighted by Gasteiger charge is -2.26. The van der Waals surface area contributed by atoms with E-state index in [9.17, 15) is 18.8 Å². The fourth-order valence-electron chi connectivity index (χ4n) is 2.85. The molecule has 9 nitrogen and oxygen atoms in total. The molecule has 3 rings (SSSR count). The molecule has 0 saturated heterocycles. The van der Waals surface area contributed by atoms with Crippen LogP contribution < -0.4 is 10.9 Å². The lowest BCUT2D eigenvalue weighted by atomic mass is 10.2. The summed E-state index contributed by atoms with van der Waals surface area (Å²) in [5.41, 5.74) is 0.338. The molecule has 2 heterocycles. The number of carbonyl (C=O) groups is 2. The van der Waals surface area contributed by atoms with E-state index >= 15 is 0 Å². The van der Waals surface area contributed by atoms with E-state index in [1.807, 2.05) is 0 Å². The molecule has 11 heteroatoms. The van der Waals surface area contributed by atoms with Gasteiger partial charge in [-0.25, -0.2) is 9.37 Å². The molecule has 158 valence electrons. The minimum atomic E-state index is -0.592. The molecule has 3 aromatic rings. The Morgan fingerprint density at radius 1 is 1.37 bits per heavy atom. The van der Waals surface area contributed by atoms with Crippen molar-refractivity contribution < 1.29 is 14.0 Å². The van der Waals surface area contributed by atoms with Crippen molar-refractivity contribution >= 4 is 34.4 Å². The molecule has 0 radical (unpaired) electrons. The predicted molar refractivity (Wildman–Crippen MR) is 108 cm³/mol. The largest absolute Gasteiger partial charge is 0.350 e. The van der Waals surface area contributed by atoms with Crippen molar-refractivity contribution in [2.45, 2.75) is 33.0 Å². The average Bonchev–Trinajstić information content (AvgIpc) is 3.10. The average molecular weight is 435 g/mol. The number of benzene rings is 1. The first-order valence-electron chi connectivity index (χ1n) is 9.16. The maximum absolute atomic E-state index is 13.9. The molecule has 0 atom stereocenters. The van der Waals surface area contributed by atoms with Crippen LogP contribution in [0, 0.1) is 5.82 Å². The highest BCUT2D eigenvalue weighted by Crippen LogP contribution is 2.17. The van der Waals surface area contributed by atoms with Gasteiger partial charge in [-0.3, -0.25) is 19.1 Å². The van der Waals surface area contributed by atoms with Crippen LogP contribution in [0.1, 0.15) is 19.4 Å². The summed E-state index contributed by atoms with van der Waals surface area (Å²) < 4.78 is 15.3. The van der Waals surface area contributed by atoms with Crippen molar-refractivity contribution in [2.75, 3.05) is 6.54 Å². The summed E-state index contributed by atoms with van der Waals surface area (Å²) in [5, 5.41) is 6.64. The van der Waals surface area contributed by atoms with Gasteiger partial charge in [0, 0.05) is 18.2 Å². The van der Waals surface area contributed by atoms with Crippen LogP contribution in [-0.2, 0) is 22.7 Å². The van der Waals surface area contributed by atoms with E-state index in [1.54, 1.807) is 19.9 Å². The zero-order valence-electron chi connectivity index (χ0n) is 16.4. The molecule has 30 heavy (non-hydrogen) atoms. The molecule has 1 aromatic carbocycles. The maximum atomic E-state index is 13.9. The summed E-state index contributed by atoms with van der Waals surface area (Å²) >= 11 is 5.74. The summed E-state index contributed by atoms with van der Waals surface area (Å²) in [6, 6.07) is 4.26. The highest BCUT2D eigenvalue weighted by Gasteiger charge is 2.21. The number of nitrogens with zero attached hydrogens (tertiary/aromatic N) is 4. The third kappa shape index (κ3) is 4.82. The Bertz CT molecular complexity index is 1140. The highest BCUT2D eigenvalue weighted by atomic mass is 35.5. The second-order valence-corrected chi connectivity index (χ2v) is 7.30. The van der Waals surface area contributed by atoms with Gasteiger partial charge in [0.2, 0.25) is 11.8 Å². The van der Waals surface area contributed by atoms with Gasteiger partial charge >= 0.3 is 0 Å². The summed E-state index contributed by atoms with van der Waals surface area (Å²) in [4.78, 5) is 44.6. The lowest BCUT2D eigenvalue weighted by molar-refractivity contribution is -0.138. The van der Waals surface area contributed by atoms with E-state index in [4.69, 9.17) is 11.6 Å². The first-order valence-corrected chi connectivity index (χ1v) is 9.54. The molecule has 0 unspecified atom stereocenters. The number of halogens is 2. The van der Waals surface area contributed by atoms with Crippen LogP contribution in [0.4, 0.5) is 4.39 Å². The first kappa shape index (κ1) is 21.4. The van der Waals surface area contributed by atoms with Crippen LogP contribution in [0.15, 0.2) is 35.5 Å². The molecule has 0 fully saturated rings. The van der Waals surface area contributed by atoms with E-state index in [1.165, 1.54) is 34.2 Å². The normalized spacial score (nSPS) is 11.1. The molecular formula is C19H20ClFN6O3. The number of fused-ring (bicyclic) bond motifs is 1. The Balaban J connectivity index is 1.64. The Kier molecular flexibility index (Phi) is 6.46. The molecule has 0 aliphatic rings. The van der Waals surface area contributed by atoms with E-state index in [-0.39, 0.29) is 47.7 Å². The minimum Gasteiger partial charge on any atom is -0.350 e. The number of rotatable bonds is 7. The van der Waals surface area contributed by atoms with Crippen LogP contribution >= 0.6 is 11.6 Å². The molecule has 0 spiro atoms. The molecular weight excluding hydrogens is 415 g/mol. The summed E-state index contributed by atoms with van der Waals surface area (Å²) in [6.07, 6.45) is 2.75. The monoisotopic (exact) mass is 434 g/mol. The van der Waals surface area contributed by atoms with Gasteiger partial charge < -0.3 is 15.2 Å². The molecule has 2 aromatic heterocycles. The number of nitrogens with one attached hydrogen (secondary N) is 2. The summed E-state index contributed by atoms with van der Waals surface area (Å²) in [7, 11) is 0. The molecule has 0 saturated carbocycles. The first-order chi connectivity index (χ1) is 14.3. The van der Waals surface area contributed by atoms with Crippen molar-refractivity contribution in [1.82, 2.24) is 30.0 Å². The number of aromatic amines is 1. The van der Waals surface area contributed by atoms with Crippen LogP contribution in [0.5, 0.6) is 0 Å². The third-order valence-corrected chi connectivity index (χ3v) is 4.71. The number of H-pyrrole nitrogens is 1. The minimum absolute atomic E-state index is 0.0272. The van der Waals surface area contributed by atoms with Crippen molar-refractivity contribution in [3.8, 4) is 0 Å². The van der Waals surface area contributed by atoms with Crippen LogP contribution in [0.2, 0.25) is 5.02 Å². The molecule has 0 aliphatic heterocycles. The number of hydrogen-bond acceptors (Lipinski definition) is 5. The Labute approximate surface area is 175 Å². The number of carbonyl (C=O) groups excluding carboxylic acids is 2. The second kappa shape index (κ2) is 9.04.